The molecule has 0 aliphatic carbocycles. The van der Waals surface area contributed by atoms with Crippen LogP contribution in [0.5, 0.6) is 11.5 Å². The zero-order valence-corrected chi connectivity index (χ0v) is 20.9. The molecule has 8 nitrogen and oxygen atoms in total. The second-order valence-corrected chi connectivity index (χ2v) is 7.19. The molecule has 1 aromatic rings. The molecule has 0 aromatic heterocycles. The summed E-state index contributed by atoms with van der Waals surface area (Å²) in [4.78, 5) is 0. The molecule has 1 aromatic carbocycles. The lowest BCUT2D eigenvalue weighted by Crippen LogP contribution is -2.14. The molecule has 0 saturated heterocycles. The van der Waals surface area contributed by atoms with Crippen molar-refractivity contribution in [2.75, 3.05) is 92.5 Å². The average molecular weight is 556 g/mol. The summed E-state index contributed by atoms with van der Waals surface area (Å²) in [5, 5.41) is 0. The number of halogens is 1. The van der Waals surface area contributed by atoms with Crippen LogP contribution >= 0.6 is 22.6 Å². The first-order valence-electron chi connectivity index (χ1n) is 10.8. The third-order valence-electron chi connectivity index (χ3n) is 3.79. The van der Waals surface area contributed by atoms with E-state index in [1.807, 2.05) is 32.0 Å². The monoisotopic (exact) mass is 556 g/mol. The minimum atomic E-state index is 0.463. The van der Waals surface area contributed by atoms with Crippen LogP contribution in [0.4, 0.5) is 0 Å². The van der Waals surface area contributed by atoms with Gasteiger partial charge >= 0.3 is 0 Å². The maximum Gasteiger partial charge on any atom is 0.136 e. The number of hydrogen-bond acceptors (Lipinski definition) is 8. The van der Waals surface area contributed by atoms with Gasteiger partial charge in [-0.25, -0.2) is 0 Å². The van der Waals surface area contributed by atoms with Gasteiger partial charge in [0.25, 0.3) is 0 Å². The zero-order chi connectivity index (χ0) is 22.4. The number of rotatable bonds is 22. The van der Waals surface area contributed by atoms with Gasteiger partial charge in [0.05, 0.1) is 69.6 Å². The second kappa shape index (κ2) is 21.2. The van der Waals surface area contributed by atoms with E-state index in [-0.39, 0.29) is 0 Å². The zero-order valence-electron chi connectivity index (χ0n) is 18.8. The quantitative estimate of drug-likeness (QED) is 0.159. The predicted molar refractivity (Wildman–Crippen MR) is 126 cm³/mol. The second-order valence-electron chi connectivity index (χ2n) is 6.11. The number of ether oxygens (including phenoxy) is 8. The molecule has 0 atom stereocenters. The maximum atomic E-state index is 5.81. The smallest absolute Gasteiger partial charge is 0.136 e. The van der Waals surface area contributed by atoms with Gasteiger partial charge in [0.15, 0.2) is 0 Å². The van der Waals surface area contributed by atoms with E-state index < -0.39 is 0 Å². The first kappa shape index (κ1) is 28.3. The largest absolute Gasteiger partial charge is 0.490 e. The van der Waals surface area contributed by atoms with Crippen molar-refractivity contribution in [3.05, 3.63) is 21.8 Å². The normalized spacial score (nSPS) is 11.1. The van der Waals surface area contributed by atoms with Crippen LogP contribution < -0.4 is 9.47 Å². The summed E-state index contributed by atoms with van der Waals surface area (Å²) in [5.74, 6) is 1.55. The predicted octanol–water partition coefficient (Wildman–Crippen LogP) is 3.19. The van der Waals surface area contributed by atoms with Gasteiger partial charge in [0.2, 0.25) is 0 Å². The highest BCUT2D eigenvalue weighted by molar-refractivity contribution is 14.1. The molecule has 9 heteroatoms. The Hall–Kier alpha value is -0.690. The highest BCUT2D eigenvalue weighted by Gasteiger charge is 2.08. The lowest BCUT2D eigenvalue weighted by Gasteiger charge is -2.13. The first-order valence-corrected chi connectivity index (χ1v) is 11.9. The molecule has 0 aliphatic heterocycles. The van der Waals surface area contributed by atoms with Gasteiger partial charge in [-0.3, -0.25) is 0 Å². The number of benzene rings is 1. The molecule has 0 bridgehead atoms. The Balaban J connectivity index is 2.07. The van der Waals surface area contributed by atoms with Crippen molar-refractivity contribution in [1.29, 1.82) is 0 Å². The summed E-state index contributed by atoms with van der Waals surface area (Å²) in [7, 11) is 0. The van der Waals surface area contributed by atoms with Gasteiger partial charge in [-0.1, -0.05) is 6.07 Å². The third kappa shape index (κ3) is 15.7. The van der Waals surface area contributed by atoms with Crippen molar-refractivity contribution in [3.8, 4) is 11.5 Å². The van der Waals surface area contributed by atoms with Gasteiger partial charge in [0.1, 0.15) is 24.7 Å². The Bertz CT molecular complexity index is 490. The maximum absolute atomic E-state index is 5.81. The van der Waals surface area contributed by atoms with Gasteiger partial charge in [-0.05, 0) is 48.6 Å². The minimum absolute atomic E-state index is 0.463. The summed E-state index contributed by atoms with van der Waals surface area (Å²) >= 11 is 2.23. The van der Waals surface area contributed by atoms with Crippen LogP contribution in [0, 0.1) is 3.57 Å². The van der Waals surface area contributed by atoms with Crippen molar-refractivity contribution in [2.45, 2.75) is 13.8 Å². The van der Waals surface area contributed by atoms with Crippen molar-refractivity contribution < 1.29 is 37.9 Å². The van der Waals surface area contributed by atoms with Gasteiger partial charge in [-0.15, -0.1) is 0 Å². The Morgan fingerprint density at radius 1 is 0.516 bits per heavy atom. The van der Waals surface area contributed by atoms with Crippen LogP contribution in [0.3, 0.4) is 0 Å². The van der Waals surface area contributed by atoms with Crippen LogP contribution in [-0.4, -0.2) is 92.5 Å². The van der Waals surface area contributed by atoms with E-state index in [0.29, 0.717) is 92.5 Å². The van der Waals surface area contributed by atoms with E-state index in [1.54, 1.807) is 0 Å². The van der Waals surface area contributed by atoms with E-state index >= 15 is 0 Å². The molecule has 0 fully saturated rings. The van der Waals surface area contributed by atoms with E-state index in [9.17, 15) is 0 Å². The topological polar surface area (TPSA) is 73.8 Å². The molecular weight excluding hydrogens is 519 g/mol. The summed E-state index contributed by atoms with van der Waals surface area (Å²) in [6.07, 6.45) is 0. The van der Waals surface area contributed by atoms with E-state index in [0.717, 1.165) is 15.1 Å². The molecule has 0 N–H and O–H groups in total. The Labute approximate surface area is 199 Å². The molecule has 180 valence electrons. The summed E-state index contributed by atoms with van der Waals surface area (Å²) in [6.45, 7) is 11.8. The van der Waals surface area contributed by atoms with Crippen molar-refractivity contribution in [1.82, 2.24) is 0 Å². The molecule has 0 amide bonds. The van der Waals surface area contributed by atoms with Crippen molar-refractivity contribution in [3.63, 3.8) is 0 Å². The average Bonchev–Trinajstić information content (AvgIpc) is 2.78. The Morgan fingerprint density at radius 2 is 0.839 bits per heavy atom. The van der Waals surface area contributed by atoms with Crippen LogP contribution in [0.15, 0.2) is 18.2 Å². The van der Waals surface area contributed by atoms with Crippen LogP contribution in [0.2, 0.25) is 0 Å². The van der Waals surface area contributed by atoms with Gasteiger partial charge < -0.3 is 37.9 Å². The lowest BCUT2D eigenvalue weighted by atomic mass is 10.3. The highest BCUT2D eigenvalue weighted by Crippen LogP contribution is 2.30. The summed E-state index contributed by atoms with van der Waals surface area (Å²) in [5.41, 5.74) is 0. The molecule has 0 aliphatic rings. The van der Waals surface area contributed by atoms with Gasteiger partial charge in [-0.2, -0.15) is 0 Å². The van der Waals surface area contributed by atoms with Gasteiger partial charge in [0, 0.05) is 13.2 Å². The number of hydrogen-bond donors (Lipinski definition) is 0. The molecule has 0 radical (unpaired) electrons. The Kier molecular flexibility index (Phi) is 19.4. The first-order chi connectivity index (χ1) is 15.3. The fourth-order valence-corrected chi connectivity index (χ4v) is 2.97. The van der Waals surface area contributed by atoms with E-state index in [4.69, 9.17) is 37.9 Å². The third-order valence-corrected chi connectivity index (χ3v) is 4.86. The van der Waals surface area contributed by atoms with Crippen LogP contribution in [-0.2, 0) is 28.4 Å². The highest BCUT2D eigenvalue weighted by atomic mass is 127. The summed E-state index contributed by atoms with van der Waals surface area (Å²) < 4.78 is 44.7. The van der Waals surface area contributed by atoms with Crippen LogP contribution in [0.25, 0.3) is 0 Å². The molecule has 1 rings (SSSR count). The SMILES string of the molecule is CCOCCOCCOCCOc1cccc(OCCOCCOCCOCC)c1I. The summed E-state index contributed by atoms with van der Waals surface area (Å²) in [6, 6.07) is 5.75. The minimum Gasteiger partial charge on any atom is -0.490 e. The lowest BCUT2D eigenvalue weighted by molar-refractivity contribution is 0.0109. The van der Waals surface area contributed by atoms with E-state index in [1.165, 1.54) is 0 Å². The molecular formula is C22H37IO8. The molecule has 0 heterocycles. The Morgan fingerprint density at radius 3 is 1.19 bits per heavy atom. The molecule has 0 saturated carbocycles. The molecule has 0 unspecified atom stereocenters. The molecule has 31 heavy (non-hydrogen) atoms. The van der Waals surface area contributed by atoms with E-state index in [2.05, 4.69) is 22.6 Å². The van der Waals surface area contributed by atoms with Crippen LogP contribution in [0.1, 0.15) is 13.8 Å². The standard InChI is InChI=1S/C22H37IO8/c1-3-24-8-10-26-12-14-28-16-18-30-20-6-5-7-21(22(20)23)31-19-17-29-15-13-27-11-9-25-4-2/h5-7H,3-4,8-19H2,1-2H3. The fraction of sp³-hybridized carbons (Fsp3) is 0.727. The fourth-order valence-electron chi connectivity index (χ4n) is 2.30. The molecule has 0 spiro atoms. The van der Waals surface area contributed by atoms with Crippen molar-refractivity contribution in [2.24, 2.45) is 0 Å². The van der Waals surface area contributed by atoms with Crippen molar-refractivity contribution >= 4 is 22.6 Å².